The van der Waals surface area contributed by atoms with Gasteiger partial charge in [0.2, 0.25) is 0 Å². The van der Waals surface area contributed by atoms with Crippen molar-refractivity contribution < 1.29 is 0 Å². The molecule has 4 nitrogen and oxygen atoms in total. The fourth-order valence-electron chi connectivity index (χ4n) is 1.51. The molecule has 0 radical (unpaired) electrons. The number of rotatable bonds is 0. The predicted octanol–water partition coefficient (Wildman–Crippen LogP) is 1.32. The predicted molar refractivity (Wildman–Crippen MR) is 51.5 cm³/mol. The van der Waals surface area contributed by atoms with Crippen LogP contribution in [-0.4, -0.2) is 26.7 Å². The summed E-state index contributed by atoms with van der Waals surface area (Å²) >= 11 is 0. The average Bonchev–Trinajstić information content (AvgIpc) is 2.44. The molecular weight excluding hydrogens is 164 g/mol. The molecule has 13 heavy (non-hydrogen) atoms. The topological polar surface area (TPSA) is 34.0 Å². The normalized spacial score (nSPS) is 15.8. The Balaban J connectivity index is 2.67. The number of hydrogen-bond donors (Lipinski definition) is 0. The van der Waals surface area contributed by atoms with E-state index in [1.54, 1.807) is 0 Å². The molecule has 0 aliphatic carbocycles. The third kappa shape index (κ3) is 0.983. The molecule has 2 rings (SSSR count). The minimum absolute atomic E-state index is 0.874. The van der Waals surface area contributed by atoms with Crippen molar-refractivity contribution in [3.63, 3.8) is 0 Å². The van der Waals surface area contributed by atoms with Gasteiger partial charge in [-0.1, -0.05) is 6.58 Å². The largest absolute Gasteiger partial charge is 0.337 e. The Hall–Kier alpha value is -1.58. The highest BCUT2D eigenvalue weighted by atomic mass is 15.4. The van der Waals surface area contributed by atoms with Gasteiger partial charge in [0.1, 0.15) is 11.6 Å². The van der Waals surface area contributed by atoms with Gasteiger partial charge < -0.3 is 4.90 Å². The van der Waals surface area contributed by atoms with Gasteiger partial charge in [-0.2, -0.15) is 0 Å². The summed E-state index contributed by atoms with van der Waals surface area (Å²) in [4.78, 5) is 1.97. The van der Waals surface area contributed by atoms with E-state index in [4.69, 9.17) is 0 Å². The summed E-state index contributed by atoms with van der Waals surface area (Å²) in [6.07, 6.45) is 2.01. The second-order valence-corrected chi connectivity index (χ2v) is 3.25. The maximum Gasteiger partial charge on any atom is 0.166 e. The van der Waals surface area contributed by atoms with E-state index in [1.807, 2.05) is 36.6 Å². The zero-order valence-corrected chi connectivity index (χ0v) is 8.07. The van der Waals surface area contributed by atoms with Crippen LogP contribution in [0.25, 0.3) is 11.4 Å². The quantitative estimate of drug-likeness (QED) is 0.598. The zero-order chi connectivity index (χ0) is 9.59. The van der Waals surface area contributed by atoms with Crippen molar-refractivity contribution in [1.82, 2.24) is 19.7 Å². The molecule has 1 aromatic rings. The van der Waals surface area contributed by atoms with E-state index in [2.05, 4.69) is 16.8 Å². The lowest BCUT2D eigenvalue weighted by Crippen LogP contribution is -2.21. The molecular formula is C9H12N4. The van der Waals surface area contributed by atoms with Crippen molar-refractivity contribution in [1.29, 1.82) is 0 Å². The summed E-state index contributed by atoms with van der Waals surface area (Å²) < 4.78 is 1.95. The summed E-state index contributed by atoms with van der Waals surface area (Å²) in [6, 6.07) is 0. The molecule has 4 heteroatoms. The molecule has 0 saturated heterocycles. The van der Waals surface area contributed by atoms with Gasteiger partial charge in [-0.3, -0.25) is 4.57 Å². The highest BCUT2D eigenvalue weighted by Gasteiger charge is 2.19. The van der Waals surface area contributed by atoms with Crippen LogP contribution in [0, 0.1) is 6.92 Å². The number of fused-ring (bicyclic) bond motifs is 1. The number of aryl methyl sites for hydroxylation is 1. The maximum absolute atomic E-state index is 4.08. The molecule has 1 aromatic heterocycles. The number of nitrogens with zero attached hydrogens (tertiary/aromatic N) is 4. The Morgan fingerprint density at radius 2 is 2.00 bits per heavy atom. The zero-order valence-electron chi connectivity index (χ0n) is 8.07. The summed E-state index contributed by atoms with van der Waals surface area (Å²) in [5.41, 5.74) is 1.11. The van der Waals surface area contributed by atoms with Crippen molar-refractivity contribution in [2.75, 3.05) is 7.05 Å². The molecule has 1 aliphatic heterocycles. The van der Waals surface area contributed by atoms with Gasteiger partial charge in [-0.25, -0.2) is 0 Å². The fourth-order valence-corrected chi connectivity index (χ4v) is 1.51. The standard InChI is InChI=1S/C9H12N4/c1-6-5-12(4)8(3)13-7(2)10-11-9(6)13/h5H,3H2,1-2,4H3. The minimum Gasteiger partial charge on any atom is -0.337 e. The number of hydrogen-bond acceptors (Lipinski definition) is 3. The van der Waals surface area contributed by atoms with E-state index < -0.39 is 0 Å². The van der Waals surface area contributed by atoms with Gasteiger partial charge in [0.25, 0.3) is 0 Å². The Morgan fingerprint density at radius 3 is 2.69 bits per heavy atom. The highest BCUT2D eigenvalue weighted by molar-refractivity contribution is 5.66. The van der Waals surface area contributed by atoms with Gasteiger partial charge >= 0.3 is 0 Å². The van der Waals surface area contributed by atoms with Gasteiger partial charge in [0.15, 0.2) is 5.82 Å². The molecule has 0 fully saturated rings. The van der Waals surface area contributed by atoms with E-state index in [-0.39, 0.29) is 0 Å². The molecule has 0 atom stereocenters. The van der Waals surface area contributed by atoms with Crippen LogP contribution in [0.2, 0.25) is 0 Å². The number of aromatic nitrogens is 3. The lowest BCUT2D eigenvalue weighted by molar-refractivity contribution is 0.595. The summed E-state index contributed by atoms with van der Waals surface area (Å²) in [5.74, 6) is 2.66. The average molecular weight is 176 g/mol. The molecule has 0 bridgehead atoms. The maximum atomic E-state index is 4.08. The highest BCUT2D eigenvalue weighted by Crippen LogP contribution is 2.24. The van der Waals surface area contributed by atoms with Crippen LogP contribution in [0.3, 0.4) is 0 Å². The lowest BCUT2D eigenvalue weighted by Gasteiger charge is -2.25. The van der Waals surface area contributed by atoms with E-state index >= 15 is 0 Å². The van der Waals surface area contributed by atoms with Gasteiger partial charge in [-0.05, 0) is 13.8 Å². The second-order valence-electron chi connectivity index (χ2n) is 3.25. The lowest BCUT2D eigenvalue weighted by atomic mass is 10.2. The van der Waals surface area contributed by atoms with Gasteiger partial charge in [0, 0.05) is 18.8 Å². The van der Waals surface area contributed by atoms with Gasteiger partial charge in [0.05, 0.1) is 0 Å². The summed E-state index contributed by atoms with van der Waals surface area (Å²) in [5, 5.41) is 8.10. The molecule has 0 saturated carbocycles. The van der Waals surface area contributed by atoms with Crippen LogP contribution in [0.1, 0.15) is 18.6 Å². The Labute approximate surface area is 77.2 Å². The van der Waals surface area contributed by atoms with Crippen LogP contribution in [-0.2, 0) is 0 Å². The van der Waals surface area contributed by atoms with Gasteiger partial charge in [-0.15, -0.1) is 10.2 Å². The van der Waals surface area contributed by atoms with E-state index in [9.17, 15) is 0 Å². The van der Waals surface area contributed by atoms with Crippen molar-refractivity contribution in [2.24, 2.45) is 0 Å². The van der Waals surface area contributed by atoms with Crippen LogP contribution in [0.15, 0.2) is 12.8 Å². The Morgan fingerprint density at radius 1 is 1.31 bits per heavy atom. The third-order valence-corrected chi connectivity index (χ3v) is 2.23. The monoisotopic (exact) mass is 176 g/mol. The smallest absolute Gasteiger partial charge is 0.166 e. The van der Waals surface area contributed by atoms with Crippen LogP contribution < -0.4 is 0 Å². The number of allylic oxidation sites excluding steroid dienone is 1. The first-order chi connectivity index (χ1) is 6.11. The first-order valence-corrected chi connectivity index (χ1v) is 4.14. The minimum atomic E-state index is 0.874. The fraction of sp³-hybridized carbons (Fsp3) is 0.333. The molecule has 0 N–H and O–H groups in total. The molecule has 0 spiro atoms. The van der Waals surface area contributed by atoms with Crippen LogP contribution in [0.4, 0.5) is 0 Å². The first kappa shape index (κ1) is 8.04. The van der Waals surface area contributed by atoms with Crippen molar-refractivity contribution in [3.8, 4) is 0 Å². The molecule has 0 aromatic carbocycles. The van der Waals surface area contributed by atoms with E-state index in [1.165, 1.54) is 0 Å². The Kier molecular flexibility index (Phi) is 1.52. The molecule has 68 valence electrons. The molecule has 0 unspecified atom stereocenters. The Bertz CT molecular complexity index is 400. The summed E-state index contributed by atoms with van der Waals surface area (Å²) in [6.45, 7) is 7.91. The first-order valence-electron chi connectivity index (χ1n) is 4.14. The summed E-state index contributed by atoms with van der Waals surface area (Å²) in [7, 11) is 1.97. The van der Waals surface area contributed by atoms with Crippen molar-refractivity contribution in [2.45, 2.75) is 13.8 Å². The second kappa shape index (κ2) is 2.45. The molecule has 2 heterocycles. The van der Waals surface area contributed by atoms with Crippen LogP contribution >= 0.6 is 0 Å². The van der Waals surface area contributed by atoms with Crippen LogP contribution in [0.5, 0.6) is 0 Å². The van der Waals surface area contributed by atoms with E-state index in [0.29, 0.717) is 0 Å². The van der Waals surface area contributed by atoms with E-state index in [0.717, 1.165) is 23.0 Å². The molecule has 0 amide bonds. The van der Waals surface area contributed by atoms with Crippen molar-refractivity contribution >= 4 is 11.4 Å². The molecule has 1 aliphatic rings. The SMILES string of the molecule is C=C1N(C)C=C(C)c2nnc(C)n21. The third-order valence-electron chi connectivity index (χ3n) is 2.23. The van der Waals surface area contributed by atoms with Crippen molar-refractivity contribution in [3.05, 3.63) is 24.4 Å².